The average Bonchev–Trinajstić information content (AvgIpc) is 2.73. The highest BCUT2D eigenvalue weighted by Gasteiger charge is 2.19. The molecule has 0 radical (unpaired) electrons. The molecule has 2 aromatic rings. The van der Waals surface area contributed by atoms with E-state index in [9.17, 15) is 4.79 Å². The molecule has 4 heteroatoms. The van der Waals surface area contributed by atoms with Crippen molar-refractivity contribution >= 4 is 5.91 Å². The van der Waals surface area contributed by atoms with Crippen LogP contribution < -0.4 is 10.1 Å². The molecule has 150 valence electrons. The van der Waals surface area contributed by atoms with Gasteiger partial charge in [-0.25, -0.2) is 0 Å². The van der Waals surface area contributed by atoms with E-state index in [2.05, 4.69) is 28.4 Å². The molecule has 0 saturated carbocycles. The second-order valence-corrected chi connectivity index (χ2v) is 7.65. The van der Waals surface area contributed by atoms with Gasteiger partial charge in [0.05, 0.1) is 0 Å². The summed E-state index contributed by atoms with van der Waals surface area (Å²) >= 11 is 0. The zero-order valence-corrected chi connectivity index (χ0v) is 17.1. The molecule has 2 aromatic carbocycles. The minimum absolute atomic E-state index is 0.0594. The maximum Gasteiger partial charge on any atom is 0.261 e. The van der Waals surface area contributed by atoms with Gasteiger partial charge < -0.3 is 10.1 Å². The molecule has 1 saturated heterocycles. The fraction of sp³-hybridized carbons (Fsp3) is 0.458. The van der Waals surface area contributed by atoms with E-state index in [1.54, 1.807) is 0 Å². The number of aryl methyl sites for hydroxylation is 1. The molecule has 0 spiro atoms. The van der Waals surface area contributed by atoms with Crippen molar-refractivity contribution in [3.63, 3.8) is 0 Å². The Morgan fingerprint density at radius 2 is 1.71 bits per heavy atom. The molecule has 4 nitrogen and oxygen atoms in total. The Labute approximate surface area is 168 Å². The molecular formula is C24H32N2O2. The predicted octanol–water partition coefficient (Wildman–Crippen LogP) is 4.45. The zero-order valence-electron chi connectivity index (χ0n) is 17.1. The molecule has 0 aliphatic carbocycles. The van der Waals surface area contributed by atoms with Crippen molar-refractivity contribution in [3.05, 3.63) is 65.2 Å². The highest BCUT2D eigenvalue weighted by atomic mass is 16.5. The van der Waals surface area contributed by atoms with Gasteiger partial charge in [-0.2, -0.15) is 0 Å². The van der Waals surface area contributed by atoms with Crippen LogP contribution in [0.15, 0.2) is 48.5 Å². The van der Waals surface area contributed by atoms with Gasteiger partial charge >= 0.3 is 0 Å². The van der Waals surface area contributed by atoms with E-state index in [4.69, 9.17) is 4.74 Å². The smallest absolute Gasteiger partial charge is 0.261 e. The minimum atomic E-state index is -0.475. The predicted molar refractivity (Wildman–Crippen MR) is 113 cm³/mol. The number of carbonyl (C=O) groups excluding carboxylic acids is 1. The van der Waals surface area contributed by atoms with Gasteiger partial charge in [0.25, 0.3) is 5.91 Å². The van der Waals surface area contributed by atoms with Crippen molar-refractivity contribution < 1.29 is 9.53 Å². The van der Waals surface area contributed by atoms with Gasteiger partial charge in [-0.1, -0.05) is 55.3 Å². The fourth-order valence-electron chi connectivity index (χ4n) is 3.64. The second-order valence-electron chi connectivity index (χ2n) is 7.65. The Kier molecular flexibility index (Phi) is 7.49. The zero-order chi connectivity index (χ0) is 19.8. The van der Waals surface area contributed by atoms with Crippen molar-refractivity contribution in [3.8, 4) is 5.75 Å². The van der Waals surface area contributed by atoms with Gasteiger partial charge in [-0.05, 0) is 62.5 Å². The summed E-state index contributed by atoms with van der Waals surface area (Å²) in [6.07, 6.45) is 4.07. The number of ether oxygens (including phenoxy) is 1. The molecule has 1 atom stereocenters. The van der Waals surface area contributed by atoms with E-state index in [0.717, 1.165) is 12.3 Å². The van der Waals surface area contributed by atoms with Crippen LogP contribution in [0.1, 0.15) is 49.3 Å². The fourth-order valence-corrected chi connectivity index (χ4v) is 3.64. The Morgan fingerprint density at radius 3 is 2.39 bits per heavy atom. The van der Waals surface area contributed by atoms with Crippen LogP contribution in [-0.4, -0.2) is 30.0 Å². The third kappa shape index (κ3) is 5.83. The molecule has 1 N–H and O–H groups in total. The lowest BCUT2D eigenvalue weighted by atomic mass is 10.0. The van der Waals surface area contributed by atoms with Crippen molar-refractivity contribution in [2.45, 2.75) is 58.7 Å². The number of benzene rings is 2. The van der Waals surface area contributed by atoms with Crippen molar-refractivity contribution in [1.82, 2.24) is 10.2 Å². The molecule has 1 fully saturated rings. The van der Waals surface area contributed by atoms with Crippen LogP contribution in [0, 0.1) is 6.92 Å². The van der Waals surface area contributed by atoms with Gasteiger partial charge in [0.15, 0.2) is 6.10 Å². The monoisotopic (exact) mass is 380 g/mol. The molecule has 0 aromatic heterocycles. The Hall–Kier alpha value is -2.33. The molecule has 1 aliphatic rings. The summed E-state index contributed by atoms with van der Waals surface area (Å²) in [4.78, 5) is 15.2. The van der Waals surface area contributed by atoms with E-state index < -0.39 is 6.10 Å². The summed E-state index contributed by atoms with van der Waals surface area (Å²) in [5.74, 6) is 0.675. The van der Waals surface area contributed by atoms with Crippen molar-refractivity contribution in [2.24, 2.45) is 0 Å². The quantitative estimate of drug-likeness (QED) is 0.735. The van der Waals surface area contributed by atoms with Crippen LogP contribution in [0.3, 0.4) is 0 Å². The van der Waals surface area contributed by atoms with Crippen molar-refractivity contribution in [2.75, 3.05) is 13.1 Å². The van der Waals surface area contributed by atoms with Gasteiger partial charge in [0.1, 0.15) is 5.75 Å². The van der Waals surface area contributed by atoms with Gasteiger partial charge in [-0.3, -0.25) is 9.69 Å². The molecule has 28 heavy (non-hydrogen) atoms. The highest BCUT2D eigenvalue weighted by molar-refractivity contribution is 5.81. The summed E-state index contributed by atoms with van der Waals surface area (Å²) in [7, 11) is 0. The summed E-state index contributed by atoms with van der Waals surface area (Å²) in [6.45, 7) is 7.85. The Morgan fingerprint density at radius 1 is 1.04 bits per heavy atom. The molecule has 1 amide bonds. The molecule has 0 bridgehead atoms. The Balaban J connectivity index is 1.57. The van der Waals surface area contributed by atoms with Crippen LogP contribution in [0.2, 0.25) is 0 Å². The number of likely N-dealkylation sites (tertiary alicyclic amines) is 1. The van der Waals surface area contributed by atoms with Crippen LogP contribution in [0.4, 0.5) is 0 Å². The number of rotatable bonds is 8. The lowest BCUT2D eigenvalue weighted by Crippen LogP contribution is -2.38. The number of piperidine rings is 1. The van der Waals surface area contributed by atoms with Gasteiger partial charge in [0.2, 0.25) is 0 Å². The molecular weight excluding hydrogens is 348 g/mol. The number of amides is 1. The first kappa shape index (κ1) is 20.4. The first-order chi connectivity index (χ1) is 13.7. The van der Waals surface area contributed by atoms with Crippen LogP contribution in [-0.2, 0) is 17.9 Å². The topological polar surface area (TPSA) is 41.6 Å². The number of nitrogens with one attached hydrogen (secondary N) is 1. The van der Waals surface area contributed by atoms with Crippen LogP contribution in [0.5, 0.6) is 5.75 Å². The minimum Gasteiger partial charge on any atom is -0.481 e. The van der Waals surface area contributed by atoms with Gasteiger partial charge in [0, 0.05) is 13.1 Å². The molecule has 1 aliphatic heterocycles. The average molecular weight is 381 g/mol. The lowest BCUT2D eigenvalue weighted by molar-refractivity contribution is -0.128. The summed E-state index contributed by atoms with van der Waals surface area (Å²) < 4.78 is 5.90. The Bertz CT molecular complexity index is 751. The first-order valence-electron chi connectivity index (χ1n) is 10.5. The van der Waals surface area contributed by atoms with E-state index in [0.29, 0.717) is 13.0 Å². The largest absolute Gasteiger partial charge is 0.481 e. The first-order valence-corrected chi connectivity index (χ1v) is 10.5. The third-order valence-electron chi connectivity index (χ3n) is 5.38. The van der Waals surface area contributed by atoms with E-state index in [1.807, 2.05) is 44.2 Å². The number of hydrogen-bond acceptors (Lipinski definition) is 3. The van der Waals surface area contributed by atoms with E-state index in [1.165, 1.54) is 49.0 Å². The van der Waals surface area contributed by atoms with Crippen LogP contribution >= 0.6 is 0 Å². The summed E-state index contributed by atoms with van der Waals surface area (Å²) in [5.41, 5.74) is 3.67. The normalized spacial score (nSPS) is 15.8. The number of hydrogen-bond donors (Lipinski definition) is 1. The molecule has 1 heterocycles. The number of nitrogens with zero attached hydrogens (tertiary/aromatic N) is 1. The third-order valence-corrected chi connectivity index (χ3v) is 5.38. The highest BCUT2D eigenvalue weighted by Crippen LogP contribution is 2.17. The van der Waals surface area contributed by atoms with E-state index >= 15 is 0 Å². The maximum absolute atomic E-state index is 12.7. The lowest BCUT2D eigenvalue weighted by Gasteiger charge is -2.27. The van der Waals surface area contributed by atoms with Crippen LogP contribution in [0.25, 0.3) is 0 Å². The summed E-state index contributed by atoms with van der Waals surface area (Å²) in [5, 5.41) is 3.08. The second kappa shape index (κ2) is 10.3. The van der Waals surface area contributed by atoms with E-state index in [-0.39, 0.29) is 5.91 Å². The molecule has 3 rings (SSSR count). The standard InChI is InChI=1S/C24H32N2O2/c1-3-23(28-22-13-11-19(2)12-14-22)24(27)25-17-20-9-5-6-10-21(20)18-26-15-7-4-8-16-26/h5-6,9-14,23H,3-4,7-8,15-18H2,1-2H3,(H,25,27). The SMILES string of the molecule is CCC(Oc1ccc(C)cc1)C(=O)NCc1ccccc1CN1CCCCC1. The van der Waals surface area contributed by atoms with Crippen molar-refractivity contribution in [1.29, 1.82) is 0 Å². The maximum atomic E-state index is 12.7. The summed E-state index contributed by atoms with van der Waals surface area (Å²) in [6, 6.07) is 16.2. The molecule has 1 unspecified atom stereocenters. The van der Waals surface area contributed by atoms with Gasteiger partial charge in [-0.15, -0.1) is 0 Å². The number of carbonyl (C=O) groups is 1.